The van der Waals surface area contributed by atoms with Gasteiger partial charge in [-0.25, -0.2) is 0 Å². The molecule has 1 saturated heterocycles. The van der Waals surface area contributed by atoms with Crippen molar-refractivity contribution in [3.8, 4) is 0 Å². The zero-order valence-electron chi connectivity index (χ0n) is 14.3. The van der Waals surface area contributed by atoms with Crippen LogP contribution in [0.15, 0.2) is 30.3 Å². The quantitative estimate of drug-likeness (QED) is 0.804. The molecule has 6 heteroatoms. The summed E-state index contributed by atoms with van der Waals surface area (Å²) in [6.45, 7) is 5.61. The summed E-state index contributed by atoms with van der Waals surface area (Å²) in [7, 11) is 0. The third-order valence-electron chi connectivity index (χ3n) is 4.04. The molecule has 0 radical (unpaired) electrons. The molecule has 2 rings (SSSR count). The molecule has 2 amide bonds. The van der Waals surface area contributed by atoms with E-state index in [4.69, 9.17) is 4.74 Å². The van der Waals surface area contributed by atoms with Crippen molar-refractivity contribution >= 4 is 17.8 Å². The molecule has 1 aromatic rings. The van der Waals surface area contributed by atoms with Gasteiger partial charge in [-0.05, 0) is 26.3 Å². The molecule has 0 spiro atoms. The average molecular weight is 332 g/mol. The fraction of sp³-hybridized carbons (Fsp3) is 0.500. The Kier molecular flexibility index (Phi) is 5.95. The Balaban J connectivity index is 1.89. The van der Waals surface area contributed by atoms with Crippen LogP contribution < -0.4 is 5.32 Å². The molecule has 1 aromatic carbocycles. The molecule has 0 saturated carbocycles. The number of benzene rings is 1. The number of likely N-dealkylation sites (tertiary alicyclic amines) is 1. The lowest BCUT2D eigenvalue weighted by Gasteiger charge is -2.25. The first kappa shape index (κ1) is 18.0. The monoisotopic (exact) mass is 332 g/mol. The van der Waals surface area contributed by atoms with Crippen molar-refractivity contribution in [2.75, 3.05) is 13.2 Å². The molecular weight excluding hydrogens is 308 g/mol. The predicted octanol–water partition coefficient (Wildman–Crippen LogP) is 1.66. The molecule has 1 heterocycles. The maximum atomic E-state index is 12.2. The minimum atomic E-state index is -0.518. The van der Waals surface area contributed by atoms with Crippen molar-refractivity contribution in [3.63, 3.8) is 0 Å². The smallest absolute Gasteiger partial charge is 0.311 e. The van der Waals surface area contributed by atoms with E-state index in [-0.39, 0.29) is 36.9 Å². The Morgan fingerprint density at radius 1 is 1.25 bits per heavy atom. The molecule has 0 aliphatic carbocycles. The van der Waals surface area contributed by atoms with E-state index in [0.717, 1.165) is 5.56 Å². The standard InChI is InChI=1S/C18H24N2O4/c1-12(2)19-16(21)11-24-18(23)15-9-17(22)20(10-15)13(3)14-7-5-4-6-8-14/h4-8,12-13,15H,9-11H2,1-3H3,(H,19,21)/t13-,15+/m1/s1. The summed E-state index contributed by atoms with van der Waals surface area (Å²) in [5.41, 5.74) is 1.02. The molecule has 24 heavy (non-hydrogen) atoms. The highest BCUT2D eigenvalue weighted by atomic mass is 16.5. The predicted molar refractivity (Wildman–Crippen MR) is 88.9 cm³/mol. The Labute approximate surface area is 142 Å². The number of carbonyl (C=O) groups excluding carboxylic acids is 3. The molecule has 0 unspecified atom stereocenters. The Morgan fingerprint density at radius 2 is 1.92 bits per heavy atom. The van der Waals surface area contributed by atoms with E-state index in [9.17, 15) is 14.4 Å². The van der Waals surface area contributed by atoms with Crippen LogP contribution in [0.25, 0.3) is 0 Å². The topological polar surface area (TPSA) is 75.7 Å². The summed E-state index contributed by atoms with van der Waals surface area (Å²) in [5.74, 6) is -1.42. The first-order chi connectivity index (χ1) is 11.4. The van der Waals surface area contributed by atoms with E-state index in [1.807, 2.05) is 51.1 Å². The number of carbonyl (C=O) groups is 3. The van der Waals surface area contributed by atoms with Crippen molar-refractivity contribution < 1.29 is 19.1 Å². The third kappa shape index (κ3) is 4.57. The van der Waals surface area contributed by atoms with Crippen molar-refractivity contribution in [2.45, 2.75) is 39.3 Å². The molecule has 6 nitrogen and oxygen atoms in total. The summed E-state index contributed by atoms with van der Waals surface area (Å²) in [5, 5.41) is 2.65. The number of nitrogens with one attached hydrogen (secondary N) is 1. The van der Waals surface area contributed by atoms with Crippen LogP contribution in [0.4, 0.5) is 0 Å². The molecule has 1 aliphatic heterocycles. The lowest BCUT2D eigenvalue weighted by Crippen LogP contribution is -2.35. The van der Waals surface area contributed by atoms with Crippen LogP contribution in [0.5, 0.6) is 0 Å². The van der Waals surface area contributed by atoms with Gasteiger partial charge in [0, 0.05) is 19.0 Å². The highest BCUT2D eigenvalue weighted by molar-refractivity contribution is 5.88. The van der Waals surface area contributed by atoms with Gasteiger partial charge in [0.25, 0.3) is 5.91 Å². The van der Waals surface area contributed by atoms with Gasteiger partial charge in [0.05, 0.1) is 12.0 Å². The van der Waals surface area contributed by atoms with Crippen LogP contribution in [0.2, 0.25) is 0 Å². The summed E-state index contributed by atoms with van der Waals surface area (Å²) in [6.07, 6.45) is 0.127. The van der Waals surface area contributed by atoms with Crippen LogP contribution in [0, 0.1) is 5.92 Å². The number of hydrogen-bond donors (Lipinski definition) is 1. The maximum Gasteiger partial charge on any atom is 0.311 e. The number of hydrogen-bond acceptors (Lipinski definition) is 4. The molecule has 1 aliphatic rings. The molecule has 130 valence electrons. The first-order valence-electron chi connectivity index (χ1n) is 8.19. The lowest BCUT2D eigenvalue weighted by atomic mass is 10.1. The van der Waals surface area contributed by atoms with Gasteiger partial charge in [-0.2, -0.15) is 0 Å². The van der Waals surface area contributed by atoms with Gasteiger partial charge < -0.3 is 15.0 Å². The average Bonchev–Trinajstić information content (AvgIpc) is 2.94. The fourth-order valence-corrected chi connectivity index (χ4v) is 2.79. The van der Waals surface area contributed by atoms with Crippen molar-refractivity contribution in [2.24, 2.45) is 5.92 Å². The molecule has 1 fully saturated rings. The Hall–Kier alpha value is -2.37. The minimum absolute atomic E-state index is 0.00789. The number of esters is 1. The minimum Gasteiger partial charge on any atom is -0.455 e. The van der Waals surface area contributed by atoms with Gasteiger partial charge in [-0.1, -0.05) is 30.3 Å². The van der Waals surface area contributed by atoms with E-state index in [0.29, 0.717) is 6.54 Å². The highest BCUT2D eigenvalue weighted by Gasteiger charge is 2.38. The van der Waals surface area contributed by atoms with E-state index in [1.54, 1.807) is 4.90 Å². The van der Waals surface area contributed by atoms with Crippen molar-refractivity contribution in [1.82, 2.24) is 10.2 Å². The summed E-state index contributed by atoms with van der Waals surface area (Å²) in [6, 6.07) is 9.58. The second kappa shape index (κ2) is 7.95. The van der Waals surface area contributed by atoms with Crippen LogP contribution in [-0.4, -0.2) is 41.9 Å². The zero-order chi connectivity index (χ0) is 17.7. The molecule has 0 bridgehead atoms. The van der Waals surface area contributed by atoms with Crippen molar-refractivity contribution in [1.29, 1.82) is 0 Å². The summed E-state index contributed by atoms with van der Waals surface area (Å²) in [4.78, 5) is 37.6. The van der Waals surface area contributed by atoms with Crippen molar-refractivity contribution in [3.05, 3.63) is 35.9 Å². The fourth-order valence-electron chi connectivity index (χ4n) is 2.79. The number of nitrogens with zero attached hydrogens (tertiary/aromatic N) is 1. The van der Waals surface area contributed by atoms with Gasteiger partial charge in [-0.3, -0.25) is 14.4 Å². The Bertz CT molecular complexity index is 600. The van der Waals surface area contributed by atoms with E-state index >= 15 is 0 Å². The van der Waals surface area contributed by atoms with Crippen LogP contribution >= 0.6 is 0 Å². The molecular formula is C18H24N2O4. The summed E-state index contributed by atoms with van der Waals surface area (Å²) >= 11 is 0. The van der Waals surface area contributed by atoms with E-state index in [1.165, 1.54) is 0 Å². The zero-order valence-corrected chi connectivity index (χ0v) is 14.3. The third-order valence-corrected chi connectivity index (χ3v) is 4.04. The maximum absolute atomic E-state index is 12.2. The second-order valence-corrected chi connectivity index (χ2v) is 6.36. The number of amides is 2. The van der Waals surface area contributed by atoms with E-state index < -0.39 is 11.9 Å². The van der Waals surface area contributed by atoms with Crippen LogP contribution in [-0.2, 0) is 19.1 Å². The van der Waals surface area contributed by atoms with Gasteiger partial charge in [-0.15, -0.1) is 0 Å². The lowest BCUT2D eigenvalue weighted by molar-refractivity contribution is -0.152. The normalized spacial score (nSPS) is 18.6. The van der Waals surface area contributed by atoms with Crippen LogP contribution in [0.3, 0.4) is 0 Å². The molecule has 0 aromatic heterocycles. The molecule has 2 atom stereocenters. The molecule has 1 N–H and O–H groups in total. The van der Waals surface area contributed by atoms with Gasteiger partial charge in [0.1, 0.15) is 0 Å². The van der Waals surface area contributed by atoms with Gasteiger partial charge >= 0.3 is 5.97 Å². The Morgan fingerprint density at radius 3 is 2.54 bits per heavy atom. The number of ether oxygens (including phenoxy) is 1. The highest BCUT2D eigenvalue weighted by Crippen LogP contribution is 2.28. The first-order valence-corrected chi connectivity index (χ1v) is 8.19. The van der Waals surface area contributed by atoms with E-state index in [2.05, 4.69) is 5.32 Å². The number of rotatable bonds is 6. The second-order valence-electron chi connectivity index (χ2n) is 6.36. The SMILES string of the molecule is CC(C)NC(=O)COC(=O)[C@H]1CC(=O)N([C@H](C)c2ccccc2)C1. The van der Waals surface area contributed by atoms with Crippen LogP contribution in [0.1, 0.15) is 38.8 Å². The largest absolute Gasteiger partial charge is 0.455 e. The summed E-state index contributed by atoms with van der Waals surface area (Å²) < 4.78 is 5.04. The van der Waals surface area contributed by atoms with Gasteiger partial charge in [0.2, 0.25) is 5.91 Å². The van der Waals surface area contributed by atoms with Gasteiger partial charge in [0.15, 0.2) is 6.61 Å².